The third kappa shape index (κ3) is 3.80. The number of para-hydroxylation sites is 2. The van der Waals surface area contributed by atoms with E-state index in [1.54, 1.807) is 12.1 Å². The van der Waals surface area contributed by atoms with Crippen molar-refractivity contribution in [3.05, 3.63) is 24.3 Å². The third-order valence-electron chi connectivity index (χ3n) is 0.882. The van der Waals surface area contributed by atoms with Gasteiger partial charge in [0, 0.05) is 0 Å². The Morgan fingerprint density at radius 2 is 1.36 bits per heavy atom. The van der Waals surface area contributed by atoms with Gasteiger partial charge in [0.15, 0.2) is 11.5 Å². The lowest BCUT2D eigenvalue weighted by atomic mass is 10.3. The molecule has 4 heteroatoms. The molecule has 0 amide bonds. The summed E-state index contributed by atoms with van der Waals surface area (Å²) in [5, 5.41) is 24.2. The van der Waals surface area contributed by atoms with Gasteiger partial charge in [0.1, 0.15) is 0 Å². The molecule has 0 aliphatic heterocycles. The van der Waals surface area contributed by atoms with E-state index in [9.17, 15) is 0 Å². The van der Waals surface area contributed by atoms with E-state index in [-0.39, 0.29) is 18.0 Å². The first-order valence-corrected chi connectivity index (χ1v) is 2.77. The minimum absolute atomic E-state index is 0.0764. The van der Waals surface area contributed by atoms with Crippen molar-refractivity contribution >= 4 is 6.47 Å². The SMILES string of the molecule is O=CO.Oc1ccccc1O. The lowest BCUT2D eigenvalue weighted by Crippen LogP contribution is -1.63. The summed E-state index contributed by atoms with van der Waals surface area (Å²) in [4.78, 5) is 8.36. The first kappa shape index (κ1) is 9.29. The molecule has 0 saturated carbocycles. The van der Waals surface area contributed by atoms with Gasteiger partial charge >= 0.3 is 0 Å². The van der Waals surface area contributed by atoms with E-state index >= 15 is 0 Å². The van der Waals surface area contributed by atoms with Crippen LogP contribution in [0.5, 0.6) is 11.5 Å². The Hall–Kier alpha value is -1.71. The second-order valence-corrected chi connectivity index (χ2v) is 1.59. The molecule has 0 heterocycles. The predicted octanol–water partition coefficient (Wildman–Crippen LogP) is 0.799. The van der Waals surface area contributed by atoms with Crippen molar-refractivity contribution in [1.82, 2.24) is 0 Å². The normalized spacial score (nSPS) is 7.64. The van der Waals surface area contributed by atoms with Gasteiger partial charge in [-0.1, -0.05) is 12.1 Å². The molecule has 0 spiro atoms. The van der Waals surface area contributed by atoms with E-state index < -0.39 is 0 Å². The van der Waals surface area contributed by atoms with Crippen molar-refractivity contribution in [3.63, 3.8) is 0 Å². The largest absolute Gasteiger partial charge is 0.504 e. The molecule has 1 rings (SSSR count). The molecule has 1 aromatic carbocycles. The number of phenols is 2. The number of hydrogen-bond donors (Lipinski definition) is 3. The molecule has 11 heavy (non-hydrogen) atoms. The zero-order valence-electron chi connectivity index (χ0n) is 5.64. The summed E-state index contributed by atoms with van der Waals surface area (Å²) in [5.74, 6) is -0.153. The topological polar surface area (TPSA) is 77.8 Å². The van der Waals surface area contributed by atoms with Crippen molar-refractivity contribution < 1.29 is 20.1 Å². The zero-order chi connectivity index (χ0) is 8.69. The Bertz CT molecular complexity index is 200. The molecular weight excluding hydrogens is 148 g/mol. The summed E-state index contributed by atoms with van der Waals surface area (Å²) in [5.41, 5.74) is 0. The first-order valence-electron chi connectivity index (χ1n) is 2.77. The van der Waals surface area contributed by atoms with Gasteiger partial charge < -0.3 is 15.3 Å². The van der Waals surface area contributed by atoms with Crippen molar-refractivity contribution in [1.29, 1.82) is 0 Å². The number of rotatable bonds is 0. The predicted molar refractivity (Wildman–Crippen MR) is 38.5 cm³/mol. The van der Waals surface area contributed by atoms with Gasteiger partial charge in [-0.2, -0.15) is 0 Å². The second kappa shape index (κ2) is 5.10. The van der Waals surface area contributed by atoms with E-state index in [1.807, 2.05) is 0 Å². The Labute approximate surface area is 63.3 Å². The van der Waals surface area contributed by atoms with Crippen LogP contribution in [-0.2, 0) is 4.79 Å². The molecule has 0 aliphatic carbocycles. The Morgan fingerprint density at radius 3 is 1.55 bits per heavy atom. The molecule has 0 fully saturated rings. The Morgan fingerprint density at radius 1 is 1.09 bits per heavy atom. The van der Waals surface area contributed by atoms with Crippen LogP contribution in [0.4, 0.5) is 0 Å². The van der Waals surface area contributed by atoms with E-state index in [4.69, 9.17) is 20.1 Å². The monoisotopic (exact) mass is 156 g/mol. The summed E-state index contributed by atoms with van der Waals surface area (Å²) in [7, 11) is 0. The average molecular weight is 156 g/mol. The Kier molecular flexibility index (Phi) is 4.31. The highest BCUT2D eigenvalue weighted by molar-refractivity contribution is 5.36. The number of carbonyl (C=O) groups is 1. The minimum atomic E-state index is -0.250. The van der Waals surface area contributed by atoms with Gasteiger partial charge in [0.25, 0.3) is 6.47 Å². The maximum atomic E-state index is 8.67. The fourth-order valence-electron chi connectivity index (χ4n) is 0.464. The van der Waals surface area contributed by atoms with Crippen LogP contribution in [-0.4, -0.2) is 21.8 Å². The highest BCUT2D eigenvalue weighted by Crippen LogP contribution is 2.21. The maximum Gasteiger partial charge on any atom is 0.290 e. The van der Waals surface area contributed by atoms with Gasteiger partial charge in [-0.05, 0) is 12.1 Å². The van der Waals surface area contributed by atoms with Crippen LogP contribution in [0.15, 0.2) is 24.3 Å². The molecule has 0 bridgehead atoms. The number of aromatic hydroxyl groups is 2. The van der Waals surface area contributed by atoms with E-state index in [1.165, 1.54) is 12.1 Å². The third-order valence-corrected chi connectivity index (χ3v) is 0.882. The maximum absolute atomic E-state index is 8.67. The summed E-state index contributed by atoms with van der Waals surface area (Å²) < 4.78 is 0. The molecular formula is C7H8O4. The molecule has 3 N–H and O–H groups in total. The van der Waals surface area contributed by atoms with Crippen LogP contribution in [0.3, 0.4) is 0 Å². The lowest BCUT2D eigenvalue weighted by Gasteiger charge is -1.91. The summed E-state index contributed by atoms with van der Waals surface area (Å²) >= 11 is 0. The molecule has 0 saturated heterocycles. The Balaban J connectivity index is 0.000000292. The molecule has 0 radical (unpaired) electrons. The van der Waals surface area contributed by atoms with Crippen LogP contribution in [0, 0.1) is 0 Å². The van der Waals surface area contributed by atoms with Crippen molar-refractivity contribution in [3.8, 4) is 11.5 Å². The molecule has 60 valence electrons. The molecule has 0 aliphatic rings. The van der Waals surface area contributed by atoms with Crippen LogP contribution >= 0.6 is 0 Å². The fraction of sp³-hybridized carbons (Fsp3) is 0. The van der Waals surface area contributed by atoms with Crippen molar-refractivity contribution in [2.75, 3.05) is 0 Å². The van der Waals surface area contributed by atoms with E-state index in [2.05, 4.69) is 0 Å². The number of hydrogen-bond acceptors (Lipinski definition) is 3. The molecule has 0 aromatic heterocycles. The van der Waals surface area contributed by atoms with E-state index in [0.29, 0.717) is 0 Å². The van der Waals surface area contributed by atoms with Crippen LogP contribution in [0.2, 0.25) is 0 Å². The highest BCUT2D eigenvalue weighted by Gasteiger charge is 1.90. The zero-order valence-corrected chi connectivity index (χ0v) is 5.64. The van der Waals surface area contributed by atoms with Gasteiger partial charge in [0.05, 0.1) is 0 Å². The minimum Gasteiger partial charge on any atom is -0.504 e. The molecule has 0 unspecified atom stereocenters. The lowest BCUT2D eigenvalue weighted by molar-refractivity contribution is -0.122. The van der Waals surface area contributed by atoms with Crippen LogP contribution < -0.4 is 0 Å². The fourth-order valence-corrected chi connectivity index (χ4v) is 0.464. The van der Waals surface area contributed by atoms with Crippen LogP contribution in [0.25, 0.3) is 0 Å². The van der Waals surface area contributed by atoms with Crippen LogP contribution in [0.1, 0.15) is 0 Å². The first-order chi connectivity index (χ1) is 5.22. The number of benzene rings is 1. The smallest absolute Gasteiger partial charge is 0.290 e. The number of phenolic OH excluding ortho intramolecular Hbond substituents is 2. The van der Waals surface area contributed by atoms with Gasteiger partial charge in [0.2, 0.25) is 0 Å². The summed E-state index contributed by atoms with van der Waals surface area (Å²) in [6.07, 6.45) is 0. The van der Waals surface area contributed by atoms with Gasteiger partial charge in [-0.15, -0.1) is 0 Å². The molecule has 4 nitrogen and oxygen atoms in total. The summed E-state index contributed by atoms with van der Waals surface area (Å²) in [6.45, 7) is -0.250. The second-order valence-electron chi connectivity index (χ2n) is 1.59. The van der Waals surface area contributed by atoms with E-state index in [0.717, 1.165) is 0 Å². The van der Waals surface area contributed by atoms with Gasteiger partial charge in [-0.3, -0.25) is 4.79 Å². The van der Waals surface area contributed by atoms with Crippen molar-refractivity contribution in [2.45, 2.75) is 0 Å². The quantitative estimate of drug-likeness (QED) is 0.383. The van der Waals surface area contributed by atoms with Crippen molar-refractivity contribution in [2.24, 2.45) is 0 Å². The molecule has 1 aromatic rings. The highest BCUT2D eigenvalue weighted by atomic mass is 16.3. The standard InChI is InChI=1S/C6H6O2.CH2O2/c7-5-3-1-2-4-6(5)8;2-1-3/h1-4,7-8H;1H,(H,2,3). The summed E-state index contributed by atoms with van der Waals surface area (Å²) in [6, 6.07) is 6.15. The van der Waals surface area contributed by atoms with Gasteiger partial charge in [-0.25, -0.2) is 0 Å². The number of carboxylic acid groups (broad SMARTS) is 1. The molecule has 0 atom stereocenters. The average Bonchev–Trinajstić information content (AvgIpc) is 1.97.